The molecule has 1 N–H and O–H groups in total. The fourth-order valence-corrected chi connectivity index (χ4v) is 4.02. The monoisotopic (exact) mass is 443 g/mol. The third-order valence-electron chi connectivity index (χ3n) is 5.56. The molecule has 2 aliphatic heterocycles. The van der Waals surface area contributed by atoms with Crippen LogP contribution in [0.25, 0.3) is 0 Å². The molecule has 3 amide bonds. The van der Waals surface area contributed by atoms with Gasteiger partial charge in [-0.05, 0) is 36.8 Å². The second-order valence-electron chi connectivity index (χ2n) is 7.63. The molecule has 1 aromatic carbocycles. The Morgan fingerprint density at radius 3 is 2.55 bits per heavy atom. The van der Waals surface area contributed by atoms with Crippen molar-refractivity contribution in [2.24, 2.45) is 5.10 Å². The molecule has 1 unspecified atom stereocenters. The summed E-state index contributed by atoms with van der Waals surface area (Å²) in [5.41, 5.74) is 1.76. The van der Waals surface area contributed by atoms with E-state index in [0.29, 0.717) is 49.9 Å². The predicted octanol–water partition coefficient (Wildman–Crippen LogP) is 2.96. The Balaban J connectivity index is 1.44. The highest BCUT2D eigenvalue weighted by molar-refractivity contribution is 6.30. The number of piperazine rings is 1. The molecule has 8 nitrogen and oxygen atoms in total. The Bertz CT molecular complexity index is 937. The number of hydrogen-bond acceptors (Lipinski definition) is 5. The summed E-state index contributed by atoms with van der Waals surface area (Å²) in [6, 6.07) is 10.8. The van der Waals surface area contributed by atoms with Gasteiger partial charge in [0.25, 0.3) is 5.91 Å². The summed E-state index contributed by atoms with van der Waals surface area (Å²) in [5.74, 6) is 0.624. The van der Waals surface area contributed by atoms with Gasteiger partial charge in [0.15, 0.2) is 0 Å². The first-order chi connectivity index (χ1) is 15.0. The second-order valence-corrected chi connectivity index (χ2v) is 8.06. The average molecular weight is 444 g/mol. The first kappa shape index (κ1) is 21.4. The van der Waals surface area contributed by atoms with Crippen LogP contribution in [0, 0.1) is 0 Å². The van der Waals surface area contributed by atoms with Crippen LogP contribution in [0.4, 0.5) is 4.79 Å². The number of urea groups is 1. The molecule has 164 valence electrons. The molecule has 3 heterocycles. The summed E-state index contributed by atoms with van der Waals surface area (Å²) >= 11 is 6.01. The molecule has 1 saturated heterocycles. The van der Waals surface area contributed by atoms with Crippen molar-refractivity contribution in [1.29, 1.82) is 0 Å². The summed E-state index contributed by atoms with van der Waals surface area (Å²) in [6.07, 6.45) is 2.19. The van der Waals surface area contributed by atoms with E-state index in [4.69, 9.17) is 16.0 Å². The summed E-state index contributed by atoms with van der Waals surface area (Å²) in [5, 5.41) is 9.67. The Morgan fingerprint density at radius 1 is 1.16 bits per heavy atom. The van der Waals surface area contributed by atoms with Crippen LogP contribution in [0.5, 0.6) is 0 Å². The Morgan fingerprint density at radius 2 is 1.90 bits per heavy atom. The summed E-state index contributed by atoms with van der Waals surface area (Å²) in [4.78, 5) is 29.0. The molecule has 1 fully saturated rings. The van der Waals surface area contributed by atoms with Gasteiger partial charge < -0.3 is 14.6 Å². The van der Waals surface area contributed by atoms with Gasteiger partial charge in [-0.15, -0.1) is 0 Å². The Hall–Kier alpha value is -2.84. The zero-order valence-corrected chi connectivity index (χ0v) is 18.2. The van der Waals surface area contributed by atoms with Crippen molar-refractivity contribution in [3.63, 3.8) is 0 Å². The summed E-state index contributed by atoms with van der Waals surface area (Å²) in [7, 11) is 0. The van der Waals surface area contributed by atoms with E-state index in [1.54, 1.807) is 16.2 Å². The van der Waals surface area contributed by atoms with Gasteiger partial charge in [-0.25, -0.2) is 9.80 Å². The molecule has 0 radical (unpaired) electrons. The lowest BCUT2D eigenvalue weighted by molar-refractivity contribution is -0.134. The molecule has 2 aromatic rings. The van der Waals surface area contributed by atoms with Crippen LogP contribution >= 0.6 is 11.6 Å². The van der Waals surface area contributed by atoms with E-state index in [0.717, 1.165) is 11.3 Å². The van der Waals surface area contributed by atoms with Crippen molar-refractivity contribution in [3.05, 3.63) is 59.0 Å². The first-order valence-electron chi connectivity index (χ1n) is 10.5. The van der Waals surface area contributed by atoms with Crippen molar-refractivity contribution in [2.75, 3.05) is 39.3 Å². The van der Waals surface area contributed by atoms with E-state index in [2.05, 4.69) is 15.3 Å². The number of nitrogens with one attached hydrogen (secondary N) is 1. The molecule has 4 rings (SSSR count). The number of halogens is 1. The van der Waals surface area contributed by atoms with Crippen LogP contribution in [0.3, 0.4) is 0 Å². The van der Waals surface area contributed by atoms with E-state index in [1.165, 1.54) is 0 Å². The number of nitrogens with zero attached hydrogens (tertiary/aromatic N) is 4. The van der Waals surface area contributed by atoms with E-state index >= 15 is 0 Å². The molecule has 0 bridgehead atoms. The lowest BCUT2D eigenvalue weighted by Crippen LogP contribution is -2.53. The molecule has 31 heavy (non-hydrogen) atoms. The lowest BCUT2D eigenvalue weighted by atomic mass is 10.0. The van der Waals surface area contributed by atoms with E-state index in [1.807, 2.05) is 43.3 Å². The quantitative estimate of drug-likeness (QED) is 0.770. The van der Waals surface area contributed by atoms with E-state index < -0.39 is 0 Å². The number of hydrazone groups is 1. The normalized spacial score (nSPS) is 19.4. The molecule has 9 heteroatoms. The Kier molecular flexibility index (Phi) is 6.58. The molecular formula is C22H26ClN5O3. The van der Waals surface area contributed by atoms with Crippen LogP contribution in [0.1, 0.15) is 30.7 Å². The topological polar surface area (TPSA) is 81.4 Å². The fraction of sp³-hybridized carbons (Fsp3) is 0.409. The van der Waals surface area contributed by atoms with Gasteiger partial charge >= 0.3 is 6.03 Å². The van der Waals surface area contributed by atoms with Crippen molar-refractivity contribution in [2.45, 2.75) is 19.4 Å². The molecule has 2 aliphatic rings. The minimum atomic E-state index is -0.273. The van der Waals surface area contributed by atoms with Gasteiger partial charge in [0.1, 0.15) is 11.8 Å². The number of carbonyl (C=O) groups is 2. The number of amides is 3. The smallest absolute Gasteiger partial charge is 0.317 e. The van der Waals surface area contributed by atoms with Gasteiger partial charge in [0.05, 0.1) is 18.5 Å². The van der Waals surface area contributed by atoms with Gasteiger partial charge in [-0.3, -0.25) is 9.69 Å². The summed E-state index contributed by atoms with van der Waals surface area (Å²) in [6.45, 7) is 5.25. The molecule has 0 spiro atoms. The Labute approximate surface area is 186 Å². The SMILES string of the molecule is CCNC(=O)N1CCN(CC(=O)N2N=C(c3ccc(Cl)cc3)CC2c2ccco2)CC1. The lowest BCUT2D eigenvalue weighted by Gasteiger charge is -2.34. The van der Waals surface area contributed by atoms with Crippen molar-refractivity contribution >= 4 is 29.3 Å². The summed E-state index contributed by atoms with van der Waals surface area (Å²) < 4.78 is 5.60. The number of rotatable bonds is 5. The van der Waals surface area contributed by atoms with Crippen molar-refractivity contribution < 1.29 is 14.0 Å². The number of carbonyl (C=O) groups excluding carboxylic acids is 2. The van der Waals surface area contributed by atoms with Crippen LogP contribution in [-0.2, 0) is 4.79 Å². The number of benzene rings is 1. The van der Waals surface area contributed by atoms with Crippen molar-refractivity contribution in [1.82, 2.24) is 20.1 Å². The first-order valence-corrected chi connectivity index (χ1v) is 10.9. The maximum Gasteiger partial charge on any atom is 0.317 e. The maximum absolute atomic E-state index is 13.2. The van der Waals surface area contributed by atoms with Gasteiger partial charge in [-0.1, -0.05) is 23.7 Å². The highest BCUT2D eigenvalue weighted by Gasteiger charge is 2.35. The van der Waals surface area contributed by atoms with Crippen LogP contribution in [0.2, 0.25) is 5.02 Å². The average Bonchev–Trinajstić information content (AvgIpc) is 3.45. The van der Waals surface area contributed by atoms with Crippen LogP contribution in [0.15, 0.2) is 52.2 Å². The standard InChI is InChI=1S/C22H26ClN5O3/c1-2-24-22(30)27-11-9-26(10-12-27)15-21(29)28-19(20-4-3-13-31-20)14-18(25-28)16-5-7-17(23)8-6-16/h3-8,13,19H,2,9-12,14-15H2,1H3,(H,24,30). The minimum absolute atomic E-state index is 0.0527. The molecular weight excluding hydrogens is 418 g/mol. The number of hydrogen-bond donors (Lipinski definition) is 1. The van der Waals surface area contributed by atoms with Gasteiger partial charge in [0.2, 0.25) is 0 Å². The zero-order chi connectivity index (χ0) is 21.8. The third-order valence-corrected chi connectivity index (χ3v) is 5.81. The van der Waals surface area contributed by atoms with E-state index in [-0.39, 0.29) is 24.5 Å². The largest absolute Gasteiger partial charge is 0.467 e. The van der Waals surface area contributed by atoms with Crippen LogP contribution in [-0.4, -0.2) is 71.7 Å². The fourth-order valence-electron chi connectivity index (χ4n) is 3.90. The van der Waals surface area contributed by atoms with Gasteiger partial charge in [0, 0.05) is 44.2 Å². The zero-order valence-electron chi connectivity index (χ0n) is 17.5. The highest BCUT2D eigenvalue weighted by atomic mass is 35.5. The highest BCUT2D eigenvalue weighted by Crippen LogP contribution is 2.33. The maximum atomic E-state index is 13.2. The van der Waals surface area contributed by atoms with Crippen LogP contribution < -0.4 is 5.32 Å². The molecule has 1 atom stereocenters. The molecule has 0 aliphatic carbocycles. The molecule has 0 saturated carbocycles. The number of furan rings is 1. The predicted molar refractivity (Wildman–Crippen MR) is 118 cm³/mol. The van der Waals surface area contributed by atoms with E-state index in [9.17, 15) is 9.59 Å². The third kappa shape index (κ3) is 4.91. The minimum Gasteiger partial charge on any atom is -0.467 e. The van der Waals surface area contributed by atoms with Crippen molar-refractivity contribution in [3.8, 4) is 0 Å². The van der Waals surface area contributed by atoms with Gasteiger partial charge in [-0.2, -0.15) is 5.10 Å². The molecule has 1 aromatic heterocycles. The second kappa shape index (κ2) is 9.53.